The van der Waals surface area contributed by atoms with E-state index in [9.17, 15) is 0 Å². The van der Waals surface area contributed by atoms with Crippen LogP contribution >= 0.6 is 0 Å². The number of benzene rings is 1. The molecule has 0 N–H and O–H groups in total. The van der Waals surface area contributed by atoms with Gasteiger partial charge in [0.1, 0.15) is 0 Å². The Morgan fingerprint density at radius 2 is 1.74 bits per heavy atom. The molecule has 5 nitrogen and oxygen atoms in total. The van der Waals surface area contributed by atoms with E-state index < -0.39 is 0 Å². The molecular weight excluding hydrogens is 286 g/mol. The SMILES string of the molecule is Cc1nn(-c2ccncc2)c2nc3ccccc3c(N(C)C)c12. The van der Waals surface area contributed by atoms with Gasteiger partial charge in [0.15, 0.2) is 5.65 Å². The molecule has 3 aromatic heterocycles. The quantitative estimate of drug-likeness (QED) is 0.570. The standard InChI is InChI=1S/C18H17N5/c1-12-16-17(22(2)3)14-6-4-5-7-15(14)20-18(16)23(21-12)13-8-10-19-11-9-13/h4-11H,1-3H3. The van der Waals surface area contributed by atoms with Crippen LogP contribution in [0.1, 0.15) is 5.69 Å². The second-order valence-corrected chi connectivity index (χ2v) is 5.77. The number of nitrogens with zero attached hydrogens (tertiary/aromatic N) is 5. The highest BCUT2D eigenvalue weighted by atomic mass is 15.3. The minimum Gasteiger partial charge on any atom is -0.376 e. The molecule has 0 unspecified atom stereocenters. The van der Waals surface area contributed by atoms with E-state index in [1.807, 2.05) is 41.9 Å². The van der Waals surface area contributed by atoms with Gasteiger partial charge in [-0.2, -0.15) is 5.10 Å². The van der Waals surface area contributed by atoms with Gasteiger partial charge < -0.3 is 4.90 Å². The molecule has 0 amide bonds. The van der Waals surface area contributed by atoms with Crippen molar-refractivity contribution in [3.8, 4) is 5.69 Å². The fourth-order valence-electron chi connectivity index (χ4n) is 3.05. The van der Waals surface area contributed by atoms with Crippen molar-refractivity contribution in [2.75, 3.05) is 19.0 Å². The fraction of sp³-hybridized carbons (Fsp3) is 0.167. The number of aryl methyl sites for hydroxylation is 1. The Hall–Kier alpha value is -2.95. The van der Waals surface area contributed by atoms with Gasteiger partial charge in [0.05, 0.1) is 28.0 Å². The van der Waals surface area contributed by atoms with Crippen molar-refractivity contribution in [2.45, 2.75) is 6.92 Å². The number of para-hydroxylation sites is 1. The number of anilines is 1. The van der Waals surface area contributed by atoms with E-state index in [-0.39, 0.29) is 0 Å². The van der Waals surface area contributed by atoms with Crippen LogP contribution in [-0.2, 0) is 0 Å². The molecule has 0 bridgehead atoms. The smallest absolute Gasteiger partial charge is 0.165 e. The molecule has 1 aromatic carbocycles. The van der Waals surface area contributed by atoms with E-state index in [4.69, 9.17) is 10.1 Å². The molecule has 114 valence electrons. The third-order valence-electron chi connectivity index (χ3n) is 4.01. The predicted molar refractivity (Wildman–Crippen MR) is 93.2 cm³/mol. The molecule has 5 heteroatoms. The first kappa shape index (κ1) is 13.7. The first-order valence-electron chi connectivity index (χ1n) is 7.52. The van der Waals surface area contributed by atoms with Gasteiger partial charge in [-0.25, -0.2) is 9.67 Å². The van der Waals surface area contributed by atoms with Crippen molar-refractivity contribution in [1.29, 1.82) is 0 Å². The van der Waals surface area contributed by atoms with Gasteiger partial charge in [0.2, 0.25) is 0 Å². The molecular formula is C18H17N5. The van der Waals surface area contributed by atoms with Gasteiger partial charge in [0.25, 0.3) is 0 Å². The first-order valence-corrected chi connectivity index (χ1v) is 7.52. The molecule has 3 heterocycles. The molecule has 4 aromatic rings. The van der Waals surface area contributed by atoms with Gasteiger partial charge in [-0.1, -0.05) is 18.2 Å². The zero-order chi connectivity index (χ0) is 16.0. The lowest BCUT2D eigenvalue weighted by Gasteiger charge is -2.17. The highest BCUT2D eigenvalue weighted by Gasteiger charge is 2.18. The summed E-state index contributed by atoms with van der Waals surface area (Å²) in [6, 6.07) is 12.1. The Kier molecular flexibility index (Phi) is 3.01. The minimum atomic E-state index is 0.871. The summed E-state index contributed by atoms with van der Waals surface area (Å²) < 4.78 is 1.89. The lowest BCUT2D eigenvalue weighted by atomic mass is 10.1. The molecule has 0 fully saturated rings. The number of hydrogen-bond acceptors (Lipinski definition) is 4. The number of rotatable bonds is 2. The van der Waals surface area contributed by atoms with Crippen LogP contribution in [0.5, 0.6) is 0 Å². The molecule has 0 aliphatic heterocycles. The Morgan fingerprint density at radius 1 is 1.00 bits per heavy atom. The highest BCUT2D eigenvalue weighted by Crippen LogP contribution is 2.35. The summed E-state index contributed by atoms with van der Waals surface area (Å²) in [6.45, 7) is 2.03. The van der Waals surface area contributed by atoms with Crippen molar-refractivity contribution < 1.29 is 0 Å². The summed E-state index contributed by atoms with van der Waals surface area (Å²) in [6.07, 6.45) is 3.54. The number of pyridine rings is 2. The number of fused-ring (bicyclic) bond motifs is 2. The Labute approximate surface area is 134 Å². The van der Waals surface area contributed by atoms with Crippen molar-refractivity contribution in [3.63, 3.8) is 0 Å². The van der Waals surface area contributed by atoms with Crippen molar-refractivity contribution in [1.82, 2.24) is 19.7 Å². The summed E-state index contributed by atoms with van der Waals surface area (Å²) in [5, 5.41) is 6.96. The maximum atomic E-state index is 4.87. The maximum Gasteiger partial charge on any atom is 0.165 e. The zero-order valence-electron chi connectivity index (χ0n) is 13.4. The van der Waals surface area contributed by atoms with Gasteiger partial charge >= 0.3 is 0 Å². The van der Waals surface area contributed by atoms with E-state index >= 15 is 0 Å². The van der Waals surface area contributed by atoms with Crippen LogP contribution in [-0.4, -0.2) is 33.8 Å². The minimum absolute atomic E-state index is 0.871. The second kappa shape index (κ2) is 5.05. The van der Waals surface area contributed by atoms with Gasteiger partial charge in [-0.15, -0.1) is 0 Å². The second-order valence-electron chi connectivity index (χ2n) is 5.77. The molecule has 0 saturated heterocycles. The van der Waals surface area contributed by atoms with Crippen LogP contribution in [0.25, 0.3) is 27.6 Å². The van der Waals surface area contributed by atoms with Crippen molar-refractivity contribution >= 4 is 27.6 Å². The van der Waals surface area contributed by atoms with Crippen LogP contribution in [0.2, 0.25) is 0 Å². The Balaban J connectivity index is 2.18. The van der Waals surface area contributed by atoms with E-state index in [0.29, 0.717) is 0 Å². The summed E-state index contributed by atoms with van der Waals surface area (Å²) in [5.41, 5.74) is 4.93. The average Bonchev–Trinajstić information content (AvgIpc) is 2.90. The Bertz CT molecular complexity index is 1000. The normalized spacial score (nSPS) is 11.3. The van der Waals surface area contributed by atoms with Crippen LogP contribution in [0.15, 0.2) is 48.8 Å². The molecule has 0 aliphatic carbocycles. The highest BCUT2D eigenvalue weighted by molar-refractivity contribution is 6.08. The third kappa shape index (κ3) is 2.04. The van der Waals surface area contributed by atoms with Crippen molar-refractivity contribution in [2.24, 2.45) is 0 Å². The fourth-order valence-corrected chi connectivity index (χ4v) is 3.05. The number of hydrogen-bond donors (Lipinski definition) is 0. The van der Waals surface area contributed by atoms with E-state index in [1.165, 1.54) is 0 Å². The van der Waals surface area contributed by atoms with Crippen LogP contribution < -0.4 is 4.90 Å². The topological polar surface area (TPSA) is 46.8 Å². The van der Waals surface area contributed by atoms with E-state index in [2.05, 4.69) is 30.0 Å². The van der Waals surface area contributed by atoms with Crippen LogP contribution in [0, 0.1) is 6.92 Å². The number of aromatic nitrogens is 4. The van der Waals surface area contributed by atoms with Gasteiger partial charge in [-0.3, -0.25) is 4.98 Å². The Morgan fingerprint density at radius 3 is 2.48 bits per heavy atom. The molecule has 0 saturated carbocycles. The molecule has 0 radical (unpaired) electrons. The van der Waals surface area contributed by atoms with E-state index in [1.54, 1.807) is 12.4 Å². The molecule has 0 spiro atoms. The first-order chi connectivity index (χ1) is 11.2. The average molecular weight is 303 g/mol. The van der Waals surface area contributed by atoms with Crippen molar-refractivity contribution in [3.05, 3.63) is 54.5 Å². The summed E-state index contributed by atoms with van der Waals surface area (Å²) in [5.74, 6) is 0. The van der Waals surface area contributed by atoms with E-state index in [0.717, 1.165) is 39.0 Å². The lowest BCUT2D eigenvalue weighted by molar-refractivity contribution is 0.877. The molecule has 23 heavy (non-hydrogen) atoms. The summed E-state index contributed by atoms with van der Waals surface area (Å²) in [4.78, 5) is 11.1. The predicted octanol–water partition coefficient (Wildman–Crippen LogP) is 3.34. The maximum absolute atomic E-state index is 4.87. The molecule has 0 aliphatic rings. The molecule has 0 atom stereocenters. The van der Waals surface area contributed by atoms with Gasteiger partial charge in [0, 0.05) is 31.9 Å². The van der Waals surface area contributed by atoms with Crippen LogP contribution in [0.3, 0.4) is 0 Å². The largest absolute Gasteiger partial charge is 0.376 e. The van der Waals surface area contributed by atoms with Gasteiger partial charge in [-0.05, 0) is 25.1 Å². The summed E-state index contributed by atoms with van der Waals surface area (Å²) >= 11 is 0. The lowest BCUT2D eigenvalue weighted by Crippen LogP contribution is -2.10. The molecule has 4 rings (SSSR count). The summed E-state index contributed by atoms with van der Waals surface area (Å²) in [7, 11) is 4.12. The third-order valence-corrected chi connectivity index (χ3v) is 4.01. The zero-order valence-corrected chi connectivity index (χ0v) is 13.4. The monoisotopic (exact) mass is 303 g/mol. The van der Waals surface area contributed by atoms with Crippen LogP contribution in [0.4, 0.5) is 5.69 Å².